The first-order valence-electron chi connectivity index (χ1n) is 9.26. The fourth-order valence-electron chi connectivity index (χ4n) is 3.15. The van der Waals surface area contributed by atoms with Gasteiger partial charge in [0, 0.05) is 0 Å². The minimum atomic E-state index is -0.0718. The van der Waals surface area contributed by atoms with E-state index in [0.717, 1.165) is 16.7 Å². The first kappa shape index (κ1) is 19.5. The number of nitrogens with one attached hydrogen (secondary N) is 1. The summed E-state index contributed by atoms with van der Waals surface area (Å²) in [6, 6.07) is 24.0. The molecular weight excluding hydrogens is 350 g/mol. The molecule has 3 rings (SSSR count). The van der Waals surface area contributed by atoms with Crippen LogP contribution in [0.1, 0.15) is 24.1 Å². The lowest BCUT2D eigenvalue weighted by Gasteiger charge is -2.15. The van der Waals surface area contributed by atoms with Crippen molar-refractivity contribution in [3.8, 4) is 22.6 Å². The van der Waals surface area contributed by atoms with Crippen LogP contribution in [0.2, 0.25) is 0 Å². The van der Waals surface area contributed by atoms with E-state index in [1.54, 1.807) is 14.2 Å². The van der Waals surface area contributed by atoms with Crippen LogP contribution < -0.4 is 14.8 Å². The maximum absolute atomic E-state index is 12.5. The lowest BCUT2D eigenvalue weighted by atomic mass is 10.0. The Morgan fingerprint density at radius 1 is 0.857 bits per heavy atom. The highest BCUT2D eigenvalue weighted by molar-refractivity contribution is 5.79. The zero-order valence-electron chi connectivity index (χ0n) is 16.4. The zero-order valence-corrected chi connectivity index (χ0v) is 16.4. The molecule has 28 heavy (non-hydrogen) atoms. The Hall–Kier alpha value is -3.27. The minimum Gasteiger partial charge on any atom is -0.493 e. The zero-order chi connectivity index (χ0) is 19.9. The van der Waals surface area contributed by atoms with Crippen LogP contribution in [0.15, 0.2) is 72.8 Å². The number of carbonyl (C=O) groups excluding carboxylic acids is 1. The van der Waals surface area contributed by atoms with Crippen molar-refractivity contribution >= 4 is 5.91 Å². The van der Waals surface area contributed by atoms with Crippen LogP contribution in [0.3, 0.4) is 0 Å². The van der Waals surface area contributed by atoms with Gasteiger partial charge in [-0.3, -0.25) is 4.79 Å². The Labute approximate surface area is 166 Å². The fourth-order valence-corrected chi connectivity index (χ4v) is 3.15. The quantitative estimate of drug-likeness (QED) is 0.646. The summed E-state index contributed by atoms with van der Waals surface area (Å²) in [6.07, 6.45) is 0.285. The van der Waals surface area contributed by atoms with Crippen LogP contribution in [-0.2, 0) is 11.2 Å². The molecule has 3 aromatic rings. The lowest BCUT2D eigenvalue weighted by Crippen LogP contribution is -2.28. The Morgan fingerprint density at radius 2 is 1.50 bits per heavy atom. The maximum atomic E-state index is 12.5. The SMILES string of the molecule is COc1ccc(CC(=O)NC(C)c2ccc(-c3ccccc3)cc2)cc1OC. The summed E-state index contributed by atoms with van der Waals surface area (Å²) in [5, 5.41) is 3.06. The molecule has 0 aliphatic heterocycles. The van der Waals surface area contributed by atoms with Crippen LogP contribution in [0.4, 0.5) is 0 Å². The normalized spacial score (nSPS) is 11.5. The van der Waals surface area contributed by atoms with Crippen molar-refractivity contribution < 1.29 is 14.3 Å². The van der Waals surface area contributed by atoms with E-state index in [0.29, 0.717) is 11.5 Å². The third kappa shape index (κ3) is 4.71. The average Bonchev–Trinajstić information content (AvgIpc) is 2.74. The fraction of sp³-hybridized carbons (Fsp3) is 0.208. The molecule has 0 fully saturated rings. The number of carbonyl (C=O) groups is 1. The molecule has 4 nitrogen and oxygen atoms in total. The van der Waals surface area contributed by atoms with Gasteiger partial charge in [0.2, 0.25) is 5.91 Å². The van der Waals surface area contributed by atoms with E-state index in [-0.39, 0.29) is 18.4 Å². The van der Waals surface area contributed by atoms with E-state index in [4.69, 9.17) is 9.47 Å². The second kappa shape index (κ2) is 9.09. The Bertz CT molecular complexity index is 920. The number of amides is 1. The predicted octanol–water partition coefficient (Wildman–Crippen LogP) is 4.79. The average molecular weight is 375 g/mol. The minimum absolute atomic E-state index is 0.0353. The number of hydrogen-bond acceptors (Lipinski definition) is 3. The summed E-state index contributed by atoms with van der Waals surface area (Å²) in [7, 11) is 3.18. The largest absolute Gasteiger partial charge is 0.493 e. The molecule has 0 aliphatic carbocycles. The van der Waals surface area contributed by atoms with Gasteiger partial charge in [0.1, 0.15) is 0 Å². The van der Waals surface area contributed by atoms with Gasteiger partial charge in [-0.2, -0.15) is 0 Å². The van der Waals surface area contributed by atoms with E-state index in [9.17, 15) is 4.79 Å². The molecule has 0 radical (unpaired) electrons. The summed E-state index contributed by atoms with van der Waals surface area (Å²) in [5.41, 5.74) is 4.29. The molecule has 0 heterocycles. The summed E-state index contributed by atoms with van der Waals surface area (Å²) in [6.45, 7) is 1.99. The van der Waals surface area contributed by atoms with E-state index in [2.05, 4.69) is 41.7 Å². The van der Waals surface area contributed by atoms with Gasteiger partial charge in [0.05, 0.1) is 26.7 Å². The van der Waals surface area contributed by atoms with Gasteiger partial charge in [0.15, 0.2) is 11.5 Å². The molecule has 4 heteroatoms. The van der Waals surface area contributed by atoms with Crippen molar-refractivity contribution in [2.24, 2.45) is 0 Å². The second-order valence-electron chi connectivity index (χ2n) is 6.64. The van der Waals surface area contributed by atoms with Crippen molar-refractivity contribution in [3.63, 3.8) is 0 Å². The number of ether oxygens (including phenoxy) is 2. The van der Waals surface area contributed by atoms with E-state index >= 15 is 0 Å². The molecule has 144 valence electrons. The topological polar surface area (TPSA) is 47.6 Å². The van der Waals surface area contributed by atoms with Crippen LogP contribution in [0, 0.1) is 0 Å². The van der Waals surface area contributed by atoms with Gasteiger partial charge in [-0.15, -0.1) is 0 Å². The number of rotatable bonds is 7. The molecule has 0 saturated heterocycles. The highest BCUT2D eigenvalue weighted by atomic mass is 16.5. The number of benzene rings is 3. The van der Waals surface area contributed by atoms with Crippen molar-refractivity contribution in [3.05, 3.63) is 83.9 Å². The van der Waals surface area contributed by atoms with Crippen LogP contribution in [0.5, 0.6) is 11.5 Å². The molecule has 0 saturated carbocycles. The van der Waals surface area contributed by atoms with Gasteiger partial charge in [-0.05, 0) is 41.3 Å². The highest BCUT2D eigenvalue weighted by Gasteiger charge is 2.12. The highest BCUT2D eigenvalue weighted by Crippen LogP contribution is 2.28. The van der Waals surface area contributed by atoms with E-state index < -0.39 is 0 Å². The Kier molecular flexibility index (Phi) is 6.33. The summed E-state index contributed by atoms with van der Waals surface area (Å²) < 4.78 is 10.5. The first-order chi connectivity index (χ1) is 13.6. The standard InChI is InChI=1S/C24H25NO3/c1-17(19-10-12-21(13-11-19)20-7-5-4-6-8-20)25-24(26)16-18-9-14-22(27-2)23(15-18)28-3/h4-15,17H,16H2,1-3H3,(H,25,26). The summed E-state index contributed by atoms with van der Waals surface area (Å²) >= 11 is 0. The molecule has 0 aromatic heterocycles. The maximum Gasteiger partial charge on any atom is 0.224 e. The summed E-state index contributed by atoms with van der Waals surface area (Å²) in [4.78, 5) is 12.5. The molecule has 1 amide bonds. The molecule has 1 atom stereocenters. The van der Waals surface area contributed by atoms with Gasteiger partial charge in [-0.25, -0.2) is 0 Å². The van der Waals surface area contributed by atoms with Gasteiger partial charge >= 0.3 is 0 Å². The molecule has 1 N–H and O–H groups in total. The van der Waals surface area contributed by atoms with Crippen molar-refractivity contribution in [1.82, 2.24) is 5.32 Å². The van der Waals surface area contributed by atoms with Crippen LogP contribution >= 0.6 is 0 Å². The molecule has 0 aliphatic rings. The molecular formula is C24H25NO3. The van der Waals surface area contributed by atoms with Gasteiger partial charge in [-0.1, -0.05) is 60.7 Å². The van der Waals surface area contributed by atoms with Crippen LogP contribution in [-0.4, -0.2) is 20.1 Å². The monoisotopic (exact) mass is 375 g/mol. The van der Waals surface area contributed by atoms with Gasteiger partial charge in [0.25, 0.3) is 0 Å². The van der Waals surface area contributed by atoms with E-state index in [1.807, 2.05) is 43.3 Å². The van der Waals surface area contributed by atoms with Gasteiger partial charge < -0.3 is 14.8 Å². The summed E-state index contributed by atoms with van der Waals surface area (Å²) in [5.74, 6) is 1.24. The van der Waals surface area contributed by atoms with Crippen molar-refractivity contribution in [2.45, 2.75) is 19.4 Å². The molecule has 1 unspecified atom stereocenters. The number of hydrogen-bond donors (Lipinski definition) is 1. The molecule has 3 aromatic carbocycles. The van der Waals surface area contributed by atoms with E-state index in [1.165, 1.54) is 5.56 Å². The second-order valence-corrected chi connectivity index (χ2v) is 6.64. The smallest absolute Gasteiger partial charge is 0.224 e. The van der Waals surface area contributed by atoms with Crippen LogP contribution in [0.25, 0.3) is 11.1 Å². The number of methoxy groups -OCH3 is 2. The molecule has 0 bridgehead atoms. The third-order valence-electron chi connectivity index (χ3n) is 4.71. The third-order valence-corrected chi connectivity index (χ3v) is 4.71. The predicted molar refractivity (Wildman–Crippen MR) is 112 cm³/mol. The lowest BCUT2D eigenvalue weighted by molar-refractivity contribution is -0.121. The first-order valence-corrected chi connectivity index (χ1v) is 9.26. The van der Waals surface area contributed by atoms with Crippen molar-refractivity contribution in [2.75, 3.05) is 14.2 Å². The molecule has 0 spiro atoms. The van der Waals surface area contributed by atoms with Crippen molar-refractivity contribution in [1.29, 1.82) is 0 Å². The Balaban J connectivity index is 1.62. The Morgan fingerprint density at radius 3 is 2.14 bits per heavy atom.